The van der Waals surface area contributed by atoms with Crippen molar-refractivity contribution in [2.45, 2.75) is 25.7 Å². The lowest BCUT2D eigenvalue weighted by molar-refractivity contribution is -0.116. The van der Waals surface area contributed by atoms with Gasteiger partial charge >= 0.3 is 0 Å². The number of halogens is 1. The van der Waals surface area contributed by atoms with Gasteiger partial charge in [-0.05, 0) is 49.2 Å². The van der Waals surface area contributed by atoms with Gasteiger partial charge in [-0.3, -0.25) is 4.79 Å². The van der Waals surface area contributed by atoms with Gasteiger partial charge < -0.3 is 5.32 Å². The van der Waals surface area contributed by atoms with Crippen molar-refractivity contribution in [3.05, 3.63) is 96.3 Å². The van der Waals surface area contributed by atoms with Gasteiger partial charge in [-0.2, -0.15) is 9.40 Å². The molecule has 0 atom stereocenters. The predicted octanol–water partition coefficient (Wildman–Crippen LogP) is 5.27. The summed E-state index contributed by atoms with van der Waals surface area (Å²) in [6, 6.07) is 23.4. The van der Waals surface area contributed by atoms with E-state index in [1.54, 1.807) is 42.5 Å². The normalized spacial score (nSPS) is 11.7. The fourth-order valence-corrected chi connectivity index (χ4v) is 5.42. The summed E-state index contributed by atoms with van der Waals surface area (Å²) in [6.45, 7) is 5.47. The third kappa shape index (κ3) is 6.31. The summed E-state index contributed by atoms with van der Waals surface area (Å²) < 4.78 is 43.0. The van der Waals surface area contributed by atoms with Crippen molar-refractivity contribution in [3.8, 4) is 16.9 Å². The van der Waals surface area contributed by atoms with Crippen molar-refractivity contribution in [3.63, 3.8) is 0 Å². The average Bonchev–Trinajstić information content (AvgIpc) is 3.28. The van der Waals surface area contributed by atoms with Gasteiger partial charge in [0.05, 0.1) is 22.8 Å². The van der Waals surface area contributed by atoms with Gasteiger partial charge in [-0.15, -0.1) is 0 Å². The Balaban J connectivity index is 1.64. The number of amides is 1. The van der Waals surface area contributed by atoms with E-state index in [-0.39, 0.29) is 23.9 Å². The molecule has 0 fully saturated rings. The molecule has 0 spiro atoms. The Kier molecular flexibility index (Phi) is 7.85. The minimum absolute atomic E-state index is 0.00227. The molecule has 4 aromatic rings. The van der Waals surface area contributed by atoms with E-state index in [0.717, 1.165) is 11.1 Å². The second-order valence-electron chi connectivity index (χ2n) is 9.22. The molecule has 37 heavy (non-hydrogen) atoms. The molecule has 0 aliphatic carbocycles. The first-order chi connectivity index (χ1) is 17.6. The van der Waals surface area contributed by atoms with Crippen molar-refractivity contribution in [2.24, 2.45) is 5.92 Å². The summed E-state index contributed by atoms with van der Waals surface area (Å²) in [7, 11) is -3.90. The fourth-order valence-electron chi connectivity index (χ4n) is 3.86. The van der Waals surface area contributed by atoms with Crippen LogP contribution in [0.2, 0.25) is 0 Å². The van der Waals surface area contributed by atoms with E-state index in [2.05, 4.69) is 10.4 Å². The quantitative estimate of drug-likeness (QED) is 0.326. The average molecular weight is 521 g/mol. The lowest BCUT2D eigenvalue weighted by Crippen LogP contribution is -2.40. The maximum Gasteiger partial charge on any atom is 0.243 e. The zero-order valence-corrected chi connectivity index (χ0v) is 21.7. The molecular weight excluding hydrogens is 491 g/mol. The van der Waals surface area contributed by atoms with Crippen LogP contribution in [0.5, 0.6) is 0 Å². The number of hydrogen-bond acceptors (Lipinski definition) is 4. The lowest BCUT2D eigenvalue weighted by atomic mass is 10.1. The van der Waals surface area contributed by atoms with Crippen molar-refractivity contribution < 1.29 is 17.6 Å². The van der Waals surface area contributed by atoms with E-state index in [4.69, 9.17) is 0 Å². The van der Waals surface area contributed by atoms with E-state index in [1.165, 1.54) is 21.1 Å². The molecule has 192 valence electrons. The fraction of sp³-hybridized carbons (Fsp3) is 0.214. The summed E-state index contributed by atoms with van der Waals surface area (Å²) in [5.41, 5.74) is 2.93. The number of hydrogen-bond donors (Lipinski definition) is 1. The molecule has 0 radical (unpaired) electrons. The number of rotatable bonds is 9. The largest absolute Gasteiger partial charge is 0.309 e. The van der Waals surface area contributed by atoms with Crippen LogP contribution in [0.4, 0.5) is 10.2 Å². The molecule has 1 amide bonds. The summed E-state index contributed by atoms with van der Waals surface area (Å²) in [6.07, 6.45) is 0. The first-order valence-electron chi connectivity index (χ1n) is 11.9. The van der Waals surface area contributed by atoms with E-state index in [0.29, 0.717) is 17.2 Å². The highest BCUT2D eigenvalue weighted by molar-refractivity contribution is 7.89. The predicted molar refractivity (Wildman–Crippen MR) is 142 cm³/mol. The summed E-state index contributed by atoms with van der Waals surface area (Å²) >= 11 is 0. The van der Waals surface area contributed by atoms with Crippen LogP contribution in [-0.4, -0.2) is 41.5 Å². The number of carbonyl (C=O) groups excluding carboxylic acids is 1. The number of aromatic nitrogens is 2. The van der Waals surface area contributed by atoms with Gasteiger partial charge in [0.15, 0.2) is 0 Å². The maximum atomic E-state index is 13.5. The molecule has 1 heterocycles. The Morgan fingerprint density at radius 2 is 1.65 bits per heavy atom. The number of benzene rings is 3. The topological polar surface area (TPSA) is 84.3 Å². The number of anilines is 1. The minimum Gasteiger partial charge on any atom is -0.309 e. The molecule has 0 aliphatic rings. The van der Waals surface area contributed by atoms with Gasteiger partial charge in [0.25, 0.3) is 0 Å². The van der Waals surface area contributed by atoms with Gasteiger partial charge in [0.2, 0.25) is 15.9 Å². The Hall–Kier alpha value is -3.82. The van der Waals surface area contributed by atoms with Crippen LogP contribution in [0.25, 0.3) is 16.9 Å². The Morgan fingerprint density at radius 1 is 1.00 bits per heavy atom. The van der Waals surface area contributed by atoms with E-state index < -0.39 is 21.7 Å². The molecule has 0 aliphatic heterocycles. The van der Waals surface area contributed by atoms with E-state index >= 15 is 0 Å². The Bertz CT molecular complexity index is 1470. The first-order valence-corrected chi connectivity index (χ1v) is 13.4. The summed E-state index contributed by atoms with van der Waals surface area (Å²) in [5, 5.41) is 7.43. The first kappa shape index (κ1) is 26.2. The standard InChI is InChI=1S/C28H29FN4O3S/c1-20(2)18-32(37(35,36)25-15-9-21(3)10-16-25)19-28(34)30-27-17-26(22-7-5-4-6-8-22)31-33(27)24-13-11-23(29)12-14-24/h4-17,20H,18-19H2,1-3H3,(H,30,34). The lowest BCUT2D eigenvalue weighted by Gasteiger charge is -2.23. The Morgan fingerprint density at radius 3 is 2.27 bits per heavy atom. The van der Waals surface area contributed by atoms with Crippen molar-refractivity contribution in [1.82, 2.24) is 14.1 Å². The molecule has 1 N–H and O–H groups in total. The zero-order chi connectivity index (χ0) is 26.6. The number of sulfonamides is 1. The Labute approximate surface area is 216 Å². The smallest absolute Gasteiger partial charge is 0.243 e. The van der Waals surface area contributed by atoms with Crippen LogP contribution in [0, 0.1) is 18.7 Å². The van der Waals surface area contributed by atoms with Crippen LogP contribution < -0.4 is 5.32 Å². The van der Waals surface area contributed by atoms with Crippen LogP contribution in [0.15, 0.2) is 89.8 Å². The number of nitrogens with zero attached hydrogens (tertiary/aromatic N) is 3. The highest BCUT2D eigenvalue weighted by atomic mass is 32.2. The molecule has 0 saturated heterocycles. The monoisotopic (exact) mass is 520 g/mol. The van der Waals surface area contributed by atoms with Crippen LogP contribution in [0.1, 0.15) is 19.4 Å². The molecule has 4 rings (SSSR count). The molecule has 3 aromatic carbocycles. The molecule has 0 bridgehead atoms. The molecule has 1 aromatic heterocycles. The number of carbonyl (C=O) groups is 1. The number of aryl methyl sites for hydroxylation is 1. The number of nitrogens with one attached hydrogen (secondary N) is 1. The van der Waals surface area contributed by atoms with Crippen molar-refractivity contribution in [2.75, 3.05) is 18.4 Å². The van der Waals surface area contributed by atoms with Crippen molar-refractivity contribution in [1.29, 1.82) is 0 Å². The summed E-state index contributed by atoms with van der Waals surface area (Å²) in [4.78, 5) is 13.3. The van der Waals surface area contributed by atoms with Crippen LogP contribution >= 0.6 is 0 Å². The maximum absolute atomic E-state index is 13.5. The summed E-state index contributed by atoms with van der Waals surface area (Å²) in [5.74, 6) is -0.565. The second kappa shape index (κ2) is 11.1. The van der Waals surface area contributed by atoms with Crippen LogP contribution in [-0.2, 0) is 14.8 Å². The SMILES string of the molecule is Cc1ccc(S(=O)(=O)N(CC(=O)Nc2cc(-c3ccccc3)nn2-c2ccc(F)cc2)CC(C)C)cc1. The van der Waals surface area contributed by atoms with Gasteiger partial charge in [-0.25, -0.2) is 17.5 Å². The third-order valence-electron chi connectivity index (χ3n) is 5.67. The molecule has 0 unspecified atom stereocenters. The van der Waals surface area contributed by atoms with Gasteiger partial charge in [-0.1, -0.05) is 61.9 Å². The molecule has 9 heteroatoms. The zero-order valence-electron chi connectivity index (χ0n) is 20.9. The van der Waals surface area contributed by atoms with Crippen LogP contribution in [0.3, 0.4) is 0 Å². The molecule has 7 nitrogen and oxygen atoms in total. The van der Waals surface area contributed by atoms with Crippen molar-refractivity contribution >= 4 is 21.7 Å². The highest BCUT2D eigenvalue weighted by Gasteiger charge is 2.28. The van der Waals surface area contributed by atoms with E-state index in [1.807, 2.05) is 51.1 Å². The molecular formula is C28H29FN4O3S. The third-order valence-corrected chi connectivity index (χ3v) is 7.49. The second-order valence-corrected chi connectivity index (χ2v) is 11.2. The highest BCUT2D eigenvalue weighted by Crippen LogP contribution is 2.25. The van der Waals surface area contributed by atoms with E-state index in [9.17, 15) is 17.6 Å². The minimum atomic E-state index is -3.90. The molecule has 0 saturated carbocycles. The van der Waals surface area contributed by atoms with Gasteiger partial charge in [0.1, 0.15) is 11.6 Å². The van der Waals surface area contributed by atoms with Gasteiger partial charge in [0, 0.05) is 18.2 Å².